The molecule has 2 heterocycles. The van der Waals surface area contributed by atoms with E-state index in [0.29, 0.717) is 0 Å². The van der Waals surface area contributed by atoms with Crippen LogP contribution >= 0.6 is 0 Å². The van der Waals surface area contributed by atoms with E-state index in [-0.39, 0.29) is 39.2 Å². The lowest BCUT2D eigenvalue weighted by Gasteiger charge is -2.48. The number of para-hydroxylation sites is 2. The summed E-state index contributed by atoms with van der Waals surface area (Å²) in [5, 5.41) is 0. The molecule has 3 aliphatic carbocycles. The average molecular weight is 994 g/mol. The normalized spacial score (nSPS) is 18.4. The minimum Gasteiger partial charge on any atom is -0.311 e. The van der Waals surface area contributed by atoms with Crippen LogP contribution in [0.5, 0.6) is 0 Å². The second-order valence-electron chi connectivity index (χ2n) is 27.6. The number of rotatable bonds is 5. The third-order valence-corrected chi connectivity index (χ3v) is 19.3. The second-order valence-corrected chi connectivity index (χ2v) is 27.6. The Bertz CT molecular complexity index is 3660. The van der Waals surface area contributed by atoms with E-state index in [4.69, 9.17) is 0 Å². The first-order valence-corrected chi connectivity index (χ1v) is 28.4. The van der Waals surface area contributed by atoms with Crippen LogP contribution in [0.25, 0.3) is 11.1 Å². The maximum Gasteiger partial charge on any atom is 0.252 e. The number of benzene rings is 8. The molecule has 0 radical (unpaired) electrons. The van der Waals surface area contributed by atoms with Gasteiger partial charge in [-0.1, -0.05) is 175 Å². The first kappa shape index (κ1) is 48.8. The molecule has 4 heteroatoms. The van der Waals surface area contributed by atoms with Gasteiger partial charge in [-0.3, -0.25) is 0 Å². The van der Waals surface area contributed by atoms with Crippen molar-refractivity contribution < 1.29 is 0 Å². The van der Waals surface area contributed by atoms with Gasteiger partial charge in [0, 0.05) is 50.9 Å². The summed E-state index contributed by atoms with van der Waals surface area (Å²) < 4.78 is 0. The quantitative estimate of drug-likeness (QED) is 0.159. The summed E-state index contributed by atoms with van der Waals surface area (Å²) in [6.07, 6.45) is 4.69. The van der Waals surface area contributed by atoms with Crippen molar-refractivity contribution in [2.45, 2.75) is 155 Å². The lowest BCUT2D eigenvalue weighted by Crippen LogP contribution is -2.62. The van der Waals surface area contributed by atoms with E-state index in [1.165, 1.54) is 119 Å². The molecule has 0 amide bonds. The number of nitrogens with zero attached hydrogens (tertiary/aromatic N) is 3. The van der Waals surface area contributed by atoms with Gasteiger partial charge in [0.2, 0.25) is 0 Å². The van der Waals surface area contributed by atoms with Gasteiger partial charge in [0.1, 0.15) is 0 Å². The van der Waals surface area contributed by atoms with Gasteiger partial charge in [0.05, 0.1) is 5.69 Å². The number of anilines is 9. The van der Waals surface area contributed by atoms with Gasteiger partial charge >= 0.3 is 0 Å². The molecule has 5 aliphatic rings. The molecule has 0 N–H and O–H groups in total. The lowest BCUT2D eigenvalue weighted by atomic mass is 9.33. The van der Waals surface area contributed by atoms with Gasteiger partial charge in [0.15, 0.2) is 0 Å². The van der Waals surface area contributed by atoms with Crippen molar-refractivity contribution in [1.29, 1.82) is 0 Å². The maximum absolute atomic E-state index is 2.71. The summed E-state index contributed by atoms with van der Waals surface area (Å²) in [5.74, 6) is 0. The van der Waals surface area contributed by atoms with Gasteiger partial charge in [-0.2, -0.15) is 0 Å². The molecule has 0 unspecified atom stereocenters. The SMILES string of the molecule is Cc1cc2c3c(c1)N(c1cccc4c1C(C)(C)c1cc(C(C)(C)C)ccc1-4)c1cc(N(c4ccccc4)c4ccccc4)ccc1B3c1cc3c(cc1N2c1ccc2c(c1)C(C)(C)CCC2(C)C)C(C)(C)CCC3(C)C. The van der Waals surface area contributed by atoms with Crippen molar-refractivity contribution in [1.82, 2.24) is 0 Å². The maximum atomic E-state index is 2.71. The topological polar surface area (TPSA) is 9.72 Å². The highest BCUT2D eigenvalue weighted by atomic mass is 15.2. The summed E-state index contributed by atoms with van der Waals surface area (Å²) in [4.78, 5) is 7.86. The summed E-state index contributed by atoms with van der Waals surface area (Å²) in [6, 6.07) is 61.7. The molecular weight excluding hydrogens is 918 g/mol. The summed E-state index contributed by atoms with van der Waals surface area (Å²) >= 11 is 0. The monoisotopic (exact) mass is 994 g/mol. The van der Waals surface area contributed by atoms with Crippen LogP contribution in [0.3, 0.4) is 0 Å². The van der Waals surface area contributed by atoms with E-state index >= 15 is 0 Å². The molecule has 0 saturated heterocycles. The van der Waals surface area contributed by atoms with E-state index in [0.717, 1.165) is 29.9 Å². The number of hydrogen-bond acceptors (Lipinski definition) is 3. The lowest BCUT2D eigenvalue weighted by molar-refractivity contribution is 0.332. The summed E-state index contributed by atoms with van der Waals surface area (Å²) in [6.45, 7) is 34.1. The van der Waals surface area contributed by atoms with Gasteiger partial charge in [-0.05, 0) is 205 Å². The van der Waals surface area contributed by atoms with Crippen LogP contribution in [0.15, 0.2) is 158 Å². The van der Waals surface area contributed by atoms with Gasteiger partial charge in [0.25, 0.3) is 6.71 Å². The molecule has 2 aliphatic heterocycles. The fourth-order valence-corrected chi connectivity index (χ4v) is 14.7. The Hall–Kier alpha value is -6.78. The molecular formula is C72H76BN3. The molecule has 8 aromatic rings. The average Bonchev–Trinajstić information content (AvgIpc) is 3.82. The zero-order chi connectivity index (χ0) is 53.2. The Morgan fingerprint density at radius 1 is 0.421 bits per heavy atom. The Balaban J connectivity index is 1.14. The number of hydrogen-bond donors (Lipinski definition) is 0. The van der Waals surface area contributed by atoms with E-state index in [2.05, 4.69) is 269 Å². The zero-order valence-corrected chi connectivity index (χ0v) is 47.8. The van der Waals surface area contributed by atoms with E-state index < -0.39 is 0 Å². The zero-order valence-electron chi connectivity index (χ0n) is 47.8. The van der Waals surface area contributed by atoms with E-state index in [1.807, 2.05) is 0 Å². The minimum atomic E-state index is -0.277. The molecule has 0 fully saturated rings. The molecule has 0 atom stereocenters. The first-order valence-electron chi connectivity index (χ1n) is 28.4. The predicted molar refractivity (Wildman–Crippen MR) is 327 cm³/mol. The molecule has 3 nitrogen and oxygen atoms in total. The largest absolute Gasteiger partial charge is 0.311 e. The highest BCUT2D eigenvalue weighted by Gasteiger charge is 2.49. The van der Waals surface area contributed by atoms with Crippen molar-refractivity contribution in [3.05, 3.63) is 202 Å². The molecule has 0 bridgehead atoms. The van der Waals surface area contributed by atoms with Gasteiger partial charge in [-0.25, -0.2) is 0 Å². The Kier molecular flexibility index (Phi) is 10.5. The van der Waals surface area contributed by atoms with Crippen molar-refractivity contribution >= 4 is 74.3 Å². The Morgan fingerprint density at radius 2 is 0.987 bits per heavy atom. The highest BCUT2D eigenvalue weighted by molar-refractivity contribution is 7.00. The third kappa shape index (κ3) is 7.21. The van der Waals surface area contributed by atoms with Crippen LogP contribution in [0, 0.1) is 6.92 Å². The van der Waals surface area contributed by atoms with Gasteiger partial charge in [-0.15, -0.1) is 0 Å². The van der Waals surface area contributed by atoms with Crippen molar-refractivity contribution in [3.63, 3.8) is 0 Å². The summed E-state index contributed by atoms with van der Waals surface area (Å²) in [5.41, 5.74) is 29.2. The summed E-state index contributed by atoms with van der Waals surface area (Å²) in [7, 11) is 0. The fourth-order valence-electron chi connectivity index (χ4n) is 14.7. The van der Waals surface area contributed by atoms with Crippen LogP contribution in [-0.2, 0) is 32.5 Å². The standard InChI is InChI=1S/C72H76BN3/c1-45-38-63-66-64(39-45)76(60-27-21-26-52-51-31-28-46(67(2,3)4)40-54(51)72(13,14)65(52)60)61-42-50(74(47-22-17-15-18-23-47)48-24-19-16-20-25-48)30-33-58(61)73(66)59-43-56-57(71(11,12)37-36-70(56,9)10)44-62(59)75(63)49-29-32-53-55(41-49)69(7,8)35-34-68(53,5)6/h15-33,38-44H,34-37H2,1-14H3. The molecule has 76 heavy (non-hydrogen) atoms. The van der Waals surface area contributed by atoms with Crippen LogP contribution in [0.2, 0.25) is 0 Å². The van der Waals surface area contributed by atoms with Crippen LogP contribution in [0.1, 0.15) is 160 Å². The van der Waals surface area contributed by atoms with Crippen LogP contribution < -0.4 is 31.1 Å². The van der Waals surface area contributed by atoms with Crippen molar-refractivity contribution in [2.24, 2.45) is 0 Å². The number of aryl methyl sites for hydroxylation is 1. The Labute approximate surface area is 455 Å². The first-order chi connectivity index (χ1) is 36.0. The molecule has 8 aromatic carbocycles. The molecule has 0 spiro atoms. The second kappa shape index (κ2) is 16.4. The van der Waals surface area contributed by atoms with Gasteiger partial charge < -0.3 is 14.7 Å². The van der Waals surface area contributed by atoms with Crippen LogP contribution in [-0.4, -0.2) is 6.71 Å². The van der Waals surface area contributed by atoms with Crippen molar-refractivity contribution in [2.75, 3.05) is 14.7 Å². The molecule has 0 saturated carbocycles. The number of fused-ring (bicyclic) bond motifs is 9. The Morgan fingerprint density at radius 3 is 1.61 bits per heavy atom. The minimum absolute atomic E-state index is 0.0190. The predicted octanol–water partition coefficient (Wildman–Crippen LogP) is 17.8. The smallest absolute Gasteiger partial charge is 0.252 e. The third-order valence-electron chi connectivity index (χ3n) is 19.3. The molecule has 13 rings (SSSR count). The van der Waals surface area contributed by atoms with E-state index in [1.54, 1.807) is 0 Å². The highest BCUT2D eigenvalue weighted by Crippen LogP contribution is 2.58. The fraction of sp³-hybridized carbons (Fsp3) is 0.333. The van der Waals surface area contributed by atoms with Crippen LogP contribution in [0.4, 0.5) is 51.2 Å². The van der Waals surface area contributed by atoms with E-state index in [9.17, 15) is 0 Å². The molecule has 0 aromatic heterocycles. The molecule has 382 valence electrons. The van der Waals surface area contributed by atoms with Crippen molar-refractivity contribution in [3.8, 4) is 11.1 Å².